The van der Waals surface area contributed by atoms with Crippen molar-refractivity contribution >= 4 is 5.91 Å². The lowest BCUT2D eigenvalue weighted by atomic mass is 9.93. The minimum Gasteiger partial charge on any atom is -0.331 e. The standard InChI is InChI=1S/C20H22N6O/c27-20(18-11-5-4-10-17(18)19-22-24-25-23-19)26(16-8-2-1-3-9-16)14-15-7-6-12-21-13-15/h4-7,10-13,16H,1-3,8-9,14H2,(H,22,23,24,25). The van der Waals surface area contributed by atoms with Crippen LogP contribution in [0.4, 0.5) is 0 Å². The number of tetrazole rings is 1. The fraction of sp³-hybridized carbons (Fsp3) is 0.350. The van der Waals surface area contributed by atoms with Crippen molar-refractivity contribution in [2.45, 2.75) is 44.7 Å². The first-order valence-electron chi connectivity index (χ1n) is 9.35. The van der Waals surface area contributed by atoms with Crippen LogP contribution in [0.3, 0.4) is 0 Å². The summed E-state index contributed by atoms with van der Waals surface area (Å²) >= 11 is 0. The zero-order valence-corrected chi connectivity index (χ0v) is 15.1. The van der Waals surface area contributed by atoms with E-state index in [2.05, 4.69) is 25.6 Å². The van der Waals surface area contributed by atoms with Gasteiger partial charge >= 0.3 is 0 Å². The molecule has 138 valence electrons. The molecule has 1 aromatic carbocycles. The van der Waals surface area contributed by atoms with E-state index in [0.717, 1.165) is 31.2 Å². The summed E-state index contributed by atoms with van der Waals surface area (Å²) in [4.78, 5) is 19.8. The Morgan fingerprint density at radius 2 is 1.96 bits per heavy atom. The Balaban J connectivity index is 1.68. The molecule has 0 atom stereocenters. The molecule has 7 nitrogen and oxygen atoms in total. The van der Waals surface area contributed by atoms with Crippen LogP contribution in [0, 0.1) is 0 Å². The molecular formula is C20H22N6O. The Hall–Kier alpha value is -3.09. The summed E-state index contributed by atoms with van der Waals surface area (Å²) in [6.07, 6.45) is 9.22. The fourth-order valence-corrected chi connectivity index (χ4v) is 3.74. The summed E-state index contributed by atoms with van der Waals surface area (Å²) in [7, 11) is 0. The molecule has 1 aliphatic carbocycles. The average molecular weight is 362 g/mol. The quantitative estimate of drug-likeness (QED) is 0.753. The number of benzene rings is 1. The van der Waals surface area contributed by atoms with Crippen molar-refractivity contribution in [2.75, 3.05) is 0 Å². The molecule has 27 heavy (non-hydrogen) atoms. The van der Waals surface area contributed by atoms with Gasteiger partial charge in [-0.15, -0.1) is 10.2 Å². The molecule has 2 aromatic heterocycles. The molecule has 1 amide bonds. The molecule has 0 spiro atoms. The van der Waals surface area contributed by atoms with E-state index >= 15 is 0 Å². The van der Waals surface area contributed by atoms with Crippen LogP contribution >= 0.6 is 0 Å². The van der Waals surface area contributed by atoms with Gasteiger partial charge in [-0.05, 0) is 35.8 Å². The molecule has 1 aliphatic rings. The SMILES string of the molecule is O=C(c1ccccc1-c1nn[nH]n1)N(Cc1cccnc1)C1CCCCC1. The van der Waals surface area contributed by atoms with Crippen LogP contribution in [0.2, 0.25) is 0 Å². The number of carbonyl (C=O) groups is 1. The van der Waals surface area contributed by atoms with Crippen molar-refractivity contribution in [1.29, 1.82) is 0 Å². The molecule has 0 unspecified atom stereocenters. The Morgan fingerprint density at radius 3 is 2.70 bits per heavy atom. The molecular weight excluding hydrogens is 340 g/mol. The zero-order chi connectivity index (χ0) is 18.5. The lowest BCUT2D eigenvalue weighted by Gasteiger charge is -2.35. The van der Waals surface area contributed by atoms with Gasteiger partial charge in [0.2, 0.25) is 5.82 Å². The molecule has 1 fully saturated rings. The maximum absolute atomic E-state index is 13.6. The van der Waals surface area contributed by atoms with Gasteiger partial charge in [-0.1, -0.05) is 43.5 Å². The number of rotatable bonds is 5. The number of aromatic amines is 1. The second-order valence-corrected chi connectivity index (χ2v) is 6.87. The van der Waals surface area contributed by atoms with E-state index in [0.29, 0.717) is 23.5 Å². The first kappa shape index (κ1) is 17.3. The maximum atomic E-state index is 13.6. The van der Waals surface area contributed by atoms with Crippen molar-refractivity contribution in [3.63, 3.8) is 0 Å². The highest BCUT2D eigenvalue weighted by Crippen LogP contribution is 2.28. The van der Waals surface area contributed by atoms with E-state index in [1.807, 2.05) is 47.5 Å². The lowest BCUT2D eigenvalue weighted by molar-refractivity contribution is 0.0615. The largest absolute Gasteiger partial charge is 0.331 e. The summed E-state index contributed by atoms with van der Waals surface area (Å²) in [5.74, 6) is 0.440. The van der Waals surface area contributed by atoms with E-state index < -0.39 is 0 Å². The number of nitrogens with zero attached hydrogens (tertiary/aromatic N) is 5. The third kappa shape index (κ3) is 3.86. The monoisotopic (exact) mass is 362 g/mol. The second kappa shape index (κ2) is 8.07. The normalized spacial score (nSPS) is 14.8. The van der Waals surface area contributed by atoms with Gasteiger partial charge in [-0.25, -0.2) is 0 Å². The summed E-state index contributed by atoms with van der Waals surface area (Å²) in [6, 6.07) is 11.6. The summed E-state index contributed by atoms with van der Waals surface area (Å²) in [6.45, 7) is 0.553. The van der Waals surface area contributed by atoms with Gasteiger partial charge in [0.1, 0.15) is 0 Å². The Labute approximate surface area is 157 Å². The van der Waals surface area contributed by atoms with Crippen molar-refractivity contribution in [3.05, 3.63) is 59.9 Å². The minimum atomic E-state index is 0.00570. The highest BCUT2D eigenvalue weighted by molar-refractivity contribution is 6.00. The van der Waals surface area contributed by atoms with Gasteiger partial charge in [0, 0.05) is 30.5 Å². The number of aromatic nitrogens is 5. The third-order valence-corrected chi connectivity index (χ3v) is 5.10. The van der Waals surface area contributed by atoms with Crippen LogP contribution in [-0.2, 0) is 6.54 Å². The van der Waals surface area contributed by atoms with Crippen LogP contribution in [0.1, 0.15) is 48.0 Å². The lowest BCUT2D eigenvalue weighted by Crippen LogP contribution is -2.41. The maximum Gasteiger partial charge on any atom is 0.255 e. The molecule has 0 saturated heterocycles. The molecule has 0 radical (unpaired) electrons. The second-order valence-electron chi connectivity index (χ2n) is 6.87. The molecule has 4 rings (SSSR count). The first-order valence-corrected chi connectivity index (χ1v) is 9.35. The van der Waals surface area contributed by atoms with Gasteiger partial charge in [0.15, 0.2) is 0 Å². The molecule has 0 aliphatic heterocycles. The van der Waals surface area contributed by atoms with Crippen molar-refractivity contribution in [1.82, 2.24) is 30.5 Å². The Bertz CT molecular complexity index is 875. The fourth-order valence-electron chi connectivity index (χ4n) is 3.74. The Morgan fingerprint density at radius 1 is 1.11 bits per heavy atom. The van der Waals surface area contributed by atoms with E-state index in [1.165, 1.54) is 6.42 Å². The van der Waals surface area contributed by atoms with Crippen LogP contribution in [0.15, 0.2) is 48.8 Å². The van der Waals surface area contributed by atoms with Gasteiger partial charge in [-0.2, -0.15) is 5.21 Å². The molecule has 3 aromatic rings. The van der Waals surface area contributed by atoms with Gasteiger partial charge in [0.25, 0.3) is 5.91 Å². The van der Waals surface area contributed by atoms with Crippen molar-refractivity contribution < 1.29 is 4.79 Å². The van der Waals surface area contributed by atoms with Crippen LogP contribution in [-0.4, -0.2) is 42.5 Å². The predicted octanol–water partition coefficient (Wildman–Crippen LogP) is 3.24. The van der Waals surface area contributed by atoms with Crippen LogP contribution < -0.4 is 0 Å². The minimum absolute atomic E-state index is 0.00570. The van der Waals surface area contributed by atoms with Gasteiger partial charge < -0.3 is 4.90 Å². The number of amides is 1. The molecule has 1 saturated carbocycles. The summed E-state index contributed by atoms with van der Waals surface area (Å²) in [5, 5.41) is 14.2. The first-order chi connectivity index (χ1) is 13.3. The van der Waals surface area contributed by atoms with E-state index in [4.69, 9.17) is 0 Å². The summed E-state index contributed by atoms with van der Waals surface area (Å²) < 4.78 is 0. The average Bonchev–Trinajstić information content (AvgIpc) is 3.28. The topological polar surface area (TPSA) is 87.7 Å². The molecule has 1 N–H and O–H groups in total. The van der Waals surface area contributed by atoms with Crippen LogP contribution in [0.25, 0.3) is 11.4 Å². The Kier molecular flexibility index (Phi) is 5.18. The van der Waals surface area contributed by atoms with E-state index in [-0.39, 0.29) is 11.9 Å². The highest BCUT2D eigenvalue weighted by Gasteiger charge is 2.28. The highest BCUT2D eigenvalue weighted by atomic mass is 16.2. The van der Waals surface area contributed by atoms with Gasteiger partial charge in [0.05, 0.1) is 5.56 Å². The predicted molar refractivity (Wildman–Crippen MR) is 101 cm³/mol. The third-order valence-electron chi connectivity index (χ3n) is 5.10. The molecule has 7 heteroatoms. The number of nitrogens with one attached hydrogen (secondary N) is 1. The zero-order valence-electron chi connectivity index (χ0n) is 15.1. The van der Waals surface area contributed by atoms with Gasteiger partial charge in [-0.3, -0.25) is 9.78 Å². The molecule has 2 heterocycles. The molecule has 0 bridgehead atoms. The smallest absolute Gasteiger partial charge is 0.255 e. The van der Waals surface area contributed by atoms with Crippen molar-refractivity contribution in [3.8, 4) is 11.4 Å². The number of hydrogen-bond donors (Lipinski definition) is 1. The summed E-state index contributed by atoms with van der Waals surface area (Å²) in [5.41, 5.74) is 2.34. The van der Waals surface area contributed by atoms with Crippen LogP contribution in [0.5, 0.6) is 0 Å². The van der Waals surface area contributed by atoms with E-state index in [9.17, 15) is 4.79 Å². The van der Waals surface area contributed by atoms with Crippen molar-refractivity contribution in [2.24, 2.45) is 0 Å². The number of carbonyl (C=O) groups excluding carboxylic acids is 1. The number of pyridine rings is 1. The number of hydrogen-bond acceptors (Lipinski definition) is 5. The van der Waals surface area contributed by atoms with E-state index in [1.54, 1.807) is 6.20 Å². The number of H-pyrrole nitrogens is 1.